The largest absolute Gasteiger partial charge is 0.493 e. The van der Waals surface area contributed by atoms with Crippen molar-refractivity contribution >= 4 is 16.7 Å². The van der Waals surface area contributed by atoms with Gasteiger partial charge in [0.25, 0.3) is 0 Å². The van der Waals surface area contributed by atoms with E-state index in [1.165, 1.54) is 32.1 Å². The number of rotatable bonds is 4. The quantitative estimate of drug-likeness (QED) is 0.922. The molecule has 1 saturated carbocycles. The second-order valence-corrected chi connectivity index (χ2v) is 5.58. The van der Waals surface area contributed by atoms with Crippen molar-refractivity contribution in [2.24, 2.45) is 0 Å². The zero-order valence-electron chi connectivity index (χ0n) is 12.7. The summed E-state index contributed by atoms with van der Waals surface area (Å²) in [5.74, 6) is 2.40. The lowest BCUT2D eigenvalue weighted by molar-refractivity contribution is 0.356. The van der Waals surface area contributed by atoms with E-state index in [4.69, 9.17) is 14.5 Å². The Kier molecular flexibility index (Phi) is 4.13. The number of nitrogens with zero attached hydrogens (tertiary/aromatic N) is 1. The molecule has 0 radical (unpaired) electrons. The maximum absolute atomic E-state index is 5.35. The van der Waals surface area contributed by atoms with Crippen molar-refractivity contribution in [3.63, 3.8) is 0 Å². The predicted octanol–water partition coefficient (Wildman–Crippen LogP) is 4.00. The van der Waals surface area contributed by atoms with Gasteiger partial charge >= 0.3 is 0 Å². The van der Waals surface area contributed by atoms with E-state index >= 15 is 0 Å². The first-order valence-electron chi connectivity index (χ1n) is 7.59. The summed E-state index contributed by atoms with van der Waals surface area (Å²) in [6, 6.07) is 8.58. The molecular formula is C17H22N2O2. The Labute approximate surface area is 125 Å². The Balaban J connectivity index is 1.88. The van der Waals surface area contributed by atoms with Gasteiger partial charge < -0.3 is 14.8 Å². The van der Waals surface area contributed by atoms with Gasteiger partial charge in [0.05, 0.1) is 19.7 Å². The Hall–Kier alpha value is -1.97. The number of fused-ring (bicyclic) bond motifs is 1. The number of pyridine rings is 1. The number of hydrogen-bond acceptors (Lipinski definition) is 4. The summed E-state index contributed by atoms with van der Waals surface area (Å²) in [5.41, 5.74) is 0.924. The van der Waals surface area contributed by atoms with Crippen molar-refractivity contribution in [3.8, 4) is 11.5 Å². The summed E-state index contributed by atoms with van der Waals surface area (Å²) in [4.78, 5) is 4.71. The van der Waals surface area contributed by atoms with Gasteiger partial charge in [-0.2, -0.15) is 0 Å². The van der Waals surface area contributed by atoms with Crippen LogP contribution in [0.25, 0.3) is 10.9 Å². The fourth-order valence-electron chi connectivity index (χ4n) is 2.99. The Morgan fingerprint density at radius 3 is 2.43 bits per heavy atom. The van der Waals surface area contributed by atoms with Gasteiger partial charge in [0.2, 0.25) is 0 Å². The molecule has 1 heterocycles. The summed E-state index contributed by atoms with van der Waals surface area (Å²) in [5, 5.41) is 4.61. The van der Waals surface area contributed by atoms with Crippen LogP contribution in [0.15, 0.2) is 24.3 Å². The molecule has 112 valence electrons. The van der Waals surface area contributed by atoms with Gasteiger partial charge in [0.1, 0.15) is 5.82 Å². The molecule has 0 saturated heterocycles. The van der Waals surface area contributed by atoms with Crippen molar-refractivity contribution in [3.05, 3.63) is 24.3 Å². The maximum Gasteiger partial charge on any atom is 0.162 e. The fourth-order valence-corrected chi connectivity index (χ4v) is 2.99. The van der Waals surface area contributed by atoms with Crippen molar-refractivity contribution in [1.29, 1.82) is 0 Å². The van der Waals surface area contributed by atoms with Crippen LogP contribution in [0.4, 0.5) is 5.82 Å². The van der Waals surface area contributed by atoms with Crippen molar-refractivity contribution in [2.45, 2.75) is 38.1 Å². The lowest BCUT2D eigenvalue weighted by atomic mass is 9.95. The first kappa shape index (κ1) is 14.0. The van der Waals surface area contributed by atoms with Gasteiger partial charge in [0, 0.05) is 17.5 Å². The molecule has 0 aliphatic heterocycles. The number of anilines is 1. The molecule has 2 aromatic rings. The number of ether oxygens (including phenoxy) is 2. The standard InChI is InChI=1S/C17H22N2O2/c1-20-15-10-12-8-9-17(18-13-6-4-3-5-7-13)19-14(12)11-16(15)21-2/h8-11,13H,3-7H2,1-2H3,(H,18,19). The normalized spacial score (nSPS) is 15.9. The van der Waals surface area contributed by atoms with Crippen LogP contribution in [0.1, 0.15) is 32.1 Å². The van der Waals surface area contributed by atoms with E-state index in [1.807, 2.05) is 18.2 Å². The third kappa shape index (κ3) is 3.04. The summed E-state index contributed by atoms with van der Waals surface area (Å²) in [6.45, 7) is 0. The molecule has 1 aromatic heterocycles. The first-order valence-corrected chi connectivity index (χ1v) is 7.59. The number of methoxy groups -OCH3 is 2. The van der Waals surface area contributed by atoms with E-state index in [2.05, 4.69) is 11.4 Å². The van der Waals surface area contributed by atoms with Crippen molar-refractivity contribution in [1.82, 2.24) is 4.98 Å². The monoisotopic (exact) mass is 286 g/mol. The molecule has 0 bridgehead atoms. The van der Waals surface area contributed by atoms with E-state index in [1.54, 1.807) is 14.2 Å². The highest BCUT2D eigenvalue weighted by Crippen LogP contribution is 2.32. The van der Waals surface area contributed by atoms with Crippen LogP contribution >= 0.6 is 0 Å². The molecular weight excluding hydrogens is 264 g/mol. The minimum absolute atomic E-state index is 0.559. The van der Waals surface area contributed by atoms with Gasteiger partial charge in [-0.05, 0) is 31.0 Å². The predicted molar refractivity (Wildman–Crippen MR) is 85.3 cm³/mol. The van der Waals surface area contributed by atoms with Gasteiger partial charge in [-0.15, -0.1) is 0 Å². The highest BCUT2D eigenvalue weighted by Gasteiger charge is 2.14. The van der Waals surface area contributed by atoms with E-state index in [9.17, 15) is 0 Å². The van der Waals surface area contributed by atoms with Gasteiger partial charge in [0.15, 0.2) is 11.5 Å². The minimum Gasteiger partial charge on any atom is -0.493 e. The topological polar surface area (TPSA) is 43.4 Å². The van der Waals surface area contributed by atoms with Crippen LogP contribution in [-0.2, 0) is 0 Å². The molecule has 1 aliphatic carbocycles. The smallest absolute Gasteiger partial charge is 0.162 e. The third-order valence-corrected chi connectivity index (χ3v) is 4.15. The highest BCUT2D eigenvalue weighted by atomic mass is 16.5. The first-order chi connectivity index (χ1) is 10.3. The highest BCUT2D eigenvalue weighted by molar-refractivity contribution is 5.84. The number of nitrogens with one attached hydrogen (secondary N) is 1. The van der Waals surface area contributed by atoms with Crippen LogP contribution < -0.4 is 14.8 Å². The molecule has 4 nitrogen and oxygen atoms in total. The van der Waals surface area contributed by atoms with Crippen LogP contribution in [0, 0.1) is 0 Å². The summed E-state index contributed by atoms with van der Waals surface area (Å²) in [6.07, 6.45) is 6.48. The zero-order valence-corrected chi connectivity index (χ0v) is 12.7. The summed E-state index contributed by atoms with van der Waals surface area (Å²) >= 11 is 0. The Morgan fingerprint density at radius 1 is 1.00 bits per heavy atom. The van der Waals surface area contributed by atoms with E-state index in [0.29, 0.717) is 11.8 Å². The number of aromatic nitrogens is 1. The molecule has 4 heteroatoms. The maximum atomic E-state index is 5.35. The molecule has 21 heavy (non-hydrogen) atoms. The lowest BCUT2D eigenvalue weighted by Gasteiger charge is -2.23. The van der Waals surface area contributed by atoms with Crippen molar-refractivity contribution in [2.75, 3.05) is 19.5 Å². The molecule has 1 N–H and O–H groups in total. The molecule has 3 rings (SSSR count). The fraction of sp³-hybridized carbons (Fsp3) is 0.471. The second kappa shape index (κ2) is 6.20. The SMILES string of the molecule is COc1cc2ccc(NC3CCCCC3)nc2cc1OC. The van der Waals surface area contributed by atoms with Gasteiger partial charge in [-0.3, -0.25) is 0 Å². The van der Waals surface area contributed by atoms with Crippen molar-refractivity contribution < 1.29 is 9.47 Å². The van der Waals surface area contributed by atoms with Gasteiger partial charge in [-0.25, -0.2) is 4.98 Å². The molecule has 0 spiro atoms. The second-order valence-electron chi connectivity index (χ2n) is 5.58. The average Bonchev–Trinajstić information content (AvgIpc) is 2.54. The van der Waals surface area contributed by atoms with E-state index < -0.39 is 0 Å². The van der Waals surface area contributed by atoms with Crippen LogP contribution in [0.5, 0.6) is 11.5 Å². The summed E-state index contributed by atoms with van der Waals surface area (Å²) < 4.78 is 10.7. The average molecular weight is 286 g/mol. The molecule has 1 aliphatic rings. The number of hydrogen-bond donors (Lipinski definition) is 1. The van der Waals surface area contributed by atoms with Crippen LogP contribution in [0.3, 0.4) is 0 Å². The zero-order chi connectivity index (χ0) is 14.7. The van der Waals surface area contributed by atoms with E-state index in [0.717, 1.165) is 22.5 Å². The minimum atomic E-state index is 0.559. The summed E-state index contributed by atoms with van der Waals surface area (Å²) in [7, 11) is 3.30. The van der Waals surface area contributed by atoms with Crippen LogP contribution in [-0.4, -0.2) is 25.2 Å². The Morgan fingerprint density at radius 2 is 1.71 bits per heavy atom. The molecule has 1 fully saturated rings. The van der Waals surface area contributed by atoms with Crippen LogP contribution in [0.2, 0.25) is 0 Å². The van der Waals surface area contributed by atoms with Gasteiger partial charge in [-0.1, -0.05) is 19.3 Å². The molecule has 0 unspecified atom stereocenters. The third-order valence-electron chi connectivity index (χ3n) is 4.15. The molecule has 1 aromatic carbocycles. The number of benzene rings is 1. The lowest BCUT2D eigenvalue weighted by Crippen LogP contribution is -2.22. The van der Waals surface area contributed by atoms with E-state index in [-0.39, 0.29) is 0 Å². The molecule has 0 amide bonds. The Bertz CT molecular complexity index is 621. The molecule has 0 atom stereocenters.